The zero-order chi connectivity index (χ0) is 29.6. The van der Waals surface area contributed by atoms with Gasteiger partial charge in [-0.1, -0.05) is 25.5 Å². The number of carbonyl (C=O) groups excluding carboxylic acids is 2. The first-order valence-corrected chi connectivity index (χ1v) is 13.2. The van der Waals surface area contributed by atoms with Gasteiger partial charge in [0.2, 0.25) is 0 Å². The van der Waals surface area contributed by atoms with Crippen molar-refractivity contribution in [1.82, 2.24) is 0 Å². The molecule has 1 aliphatic heterocycles. The quantitative estimate of drug-likeness (QED) is 0.213. The maximum absolute atomic E-state index is 12.8. The van der Waals surface area contributed by atoms with Crippen LogP contribution in [-0.4, -0.2) is 48.8 Å². The number of hydrogen-bond acceptors (Lipinski definition) is 8. The number of allylic oxidation sites excluding steroid dienone is 2. The van der Waals surface area contributed by atoms with E-state index in [2.05, 4.69) is 0 Å². The van der Waals surface area contributed by atoms with Crippen molar-refractivity contribution in [2.45, 2.75) is 92.3 Å². The number of fused-ring (bicyclic) bond motifs is 1. The van der Waals surface area contributed by atoms with Gasteiger partial charge >= 0.3 is 0 Å². The summed E-state index contributed by atoms with van der Waals surface area (Å²) in [6.07, 6.45) is 1.32. The number of aromatic hydroxyl groups is 4. The van der Waals surface area contributed by atoms with Crippen molar-refractivity contribution in [3.63, 3.8) is 0 Å². The number of aliphatic hydroxyl groups is 1. The Bertz CT molecular complexity index is 1350. The molecule has 0 saturated heterocycles. The summed E-state index contributed by atoms with van der Waals surface area (Å²) in [7, 11) is 0. The van der Waals surface area contributed by atoms with Gasteiger partial charge in [0.25, 0.3) is 0 Å². The fraction of sp³-hybridized carbons (Fsp3) is 0.484. The lowest BCUT2D eigenvalue weighted by atomic mass is 9.77. The fourth-order valence-corrected chi connectivity index (χ4v) is 5.16. The topological polar surface area (TPSA) is 145 Å². The maximum Gasteiger partial charge on any atom is 0.167 e. The molecule has 1 aliphatic rings. The van der Waals surface area contributed by atoms with E-state index in [9.17, 15) is 35.1 Å². The zero-order valence-electron chi connectivity index (χ0n) is 24.0. The summed E-state index contributed by atoms with van der Waals surface area (Å²) in [4.78, 5) is 25.3. The van der Waals surface area contributed by atoms with E-state index in [1.165, 1.54) is 19.9 Å². The molecule has 1 heterocycles. The second-order valence-corrected chi connectivity index (χ2v) is 11.7. The van der Waals surface area contributed by atoms with Crippen molar-refractivity contribution >= 4 is 11.6 Å². The van der Waals surface area contributed by atoms with E-state index in [1.807, 2.05) is 33.8 Å². The van der Waals surface area contributed by atoms with Gasteiger partial charge in [-0.3, -0.25) is 9.59 Å². The van der Waals surface area contributed by atoms with Crippen LogP contribution in [0, 0.1) is 5.92 Å². The van der Waals surface area contributed by atoms with Gasteiger partial charge in [-0.2, -0.15) is 0 Å². The molecule has 0 fully saturated rings. The Hall–Kier alpha value is -3.52. The van der Waals surface area contributed by atoms with Crippen molar-refractivity contribution in [1.29, 1.82) is 0 Å². The highest BCUT2D eigenvalue weighted by Crippen LogP contribution is 2.55. The van der Waals surface area contributed by atoms with E-state index < -0.39 is 46.4 Å². The van der Waals surface area contributed by atoms with Gasteiger partial charge in [0.1, 0.15) is 39.9 Å². The van der Waals surface area contributed by atoms with Crippen LogP contribution >= 0.6 is 0 Å². The molecule has 0 spiro atoms. The van der Waals surface area contributed by atoms with E-state index in [4.69, 9.17) is 4.74 Å². The number of phenolic OH excluding ortho intramolecular Hbond substituents is 4. The van der Waals surface area contributed by atoms with E-state index >= 15 is 0 Å². The van der Waals surface area contributed by atoms with Gasteiger partial charge < -0.3 is 30.3 Å². The third-order valence-corrected chi connectivity index (χ3v) is 7.35. The first kappa shape index (κ1) is 30.0. The predicted molar refractivity (Wildman–Crippen MR) is 148 cm³/mol. The summed E-state index contributed by atoms with van der Waals surface area (Å²) >= 11 is 0. The maximum atomic E-state index is 12.8. The van der Waals surface area contributed by atoms with Crippen LogP contribution in [-0.2, 0) is 12.8 Å². The SMILES string of the molecule is CC(=O)c1cc(CC=C(C)C)c(O)c(C(CC(C)C)c2c(O)c3c(c(C(C)=O)c2O)OC(C)(C)C(O)C3)c1O. The number of hydrogen-bond donors (Lipinski definition) is 5. The summed E-state index contributed by atoms with van der Waals surface area (Å²) in [6.45, 7) is 13.4. The molecule has 2 unspecified atom stereocenters. The van der Waals surface area contributed by atoms with Crippen molar-refractivity contribution < 1.29 is 39.9 Å². The molecule has 2 aromatic rings. The van der Waals surface area contributed by atoms with Crippen molar-refractivity contribution in [2.24, 2.45) is 5.92 Å². The molecule has 0 amide bonds. The molecule has 0 radical (unpaired) electrons. The second kappa shape index (κ2) is 10.9. The highest BCUT2D eigenvalue weighted by Gasteiger charge is 2.43. The Morgan fingerprint density at radius 1 is 0.974 bits per heavy atom. The molecule has 39 heavy (non-hydrogen) atoms. The Labute approximate surface area is 229 Å². The number of Topliss-reactive ketones (excluding diaryl/α,β-unsaturated/α-hetero) is 2. The molecule has 0 aliphatic carbocycles. The summed E-state index contributed by atoms with van der Waals surface area (Å²) in [5.74, 6) is -3.66. The van der Waals surface area contributed by atoms with Gasteiger partial charge in [0.05, 0.1) is 11.7 Å². The van der Waals surface area contributed by atoms with Crippen molar-refractivity contribution in [3.05, 3.63) is 51.1 Å². The molecule has 2 atom stereocenters. The molecular formula is C31H40O8. The largest absolute Gasteiger partial charge is 0.507 e. The first-order valence-electron chi connectivity index (χ1n) is 13.2. The highest BCUT2D eigenvalue weighted by molar-refractivity contribution is 6.02. The average molecular weight is 541 g/mol. The van der Waals surface area contributed by atoms with Crippen LogP contribution in [0.3, 0.4) is 0 Å². The lowest BCUT2D eigenvalue weighted by Gasteiger charge is -2.39. The summed E-state index contributed by atoms with van der Waals surface area (Å²) in [5, 5.41) is 56.5. The van der Waals surface area contributed by atoms with Crippen molar-refractivity contribution in [3.8, 4) is 28.7 Å². The molecular weight excluding hydrogens is 500 g/mol. The number of carbonyl (C=O) groups is 2. The molecule has 3 rings (SSSR count). The predicted octanol–water partition coefficient (Wildman–Crippen LogP) is 5.68. The standard InChI is InChI=1S/C31H40O8/c1-14(2)9-10-18-12-19(16(5)32)27(36)24(26(18)35)20(11-15(3)4)25-28(37)21-13-22(34)31(7,8)39-30(21)23(17(6)33)29(25)38/h9,12,15,20,22,34-38H,10-11,13H2,1-8H3. The summed E-state index contributed by atoms with van der Waals surface area (Å²) in [6, 6.07) is 1.45. The van der Waals surface area contributed by atoms with Crippen LogP contribution in [0.1, 0.15) is 111 Å². The summed E-state index contributed by atoms with van der Waals surface area (Å²) < 4.78 is 5.94. The lowest BCUT2D eigenvalue weighted by Crippen LogP contribution is -2.46. The minimum Gasteiger partial charge on any atom is -0.507 e. The number of rotatable bonds is 8. The first-order chi connectivity index (χ1) is 18.0. The second-order valence-electron chi connectivity index (χ2n) is 11.7. The number of benzene rings is 2. The van der Waals surface area contributed by atoms with E-state index in [0.717, 1.165) is 5.57 Å². The van der Waals surface area contributed by atoms with E-state index in [-0.39, 0.29) is 64.5 Å². The van der Waals surface area contributed by atoms with Crippen LogP contribution in [0.25, 0.3) is 0 Å². The average Bonchev–Trinajstić information content (AvgIpc) is 2.79. The smallest absolute Gasteiger partial charge is 0.167 e. The van der Waals surface area contributed by atoms with Gasteiger partial charge in [-0.15, -0.1) is 0 Å². The highest BCUT2D eigenvalue weighted by atomic mass is 16.5. The number of ketones is 2. The molecule has 0 bridgehead atoms. The van der Waals surface area contributed by atoms with Crippen LogP contribution in [0.15, 0.2) is 17.7 Å². The van der Waals surface area contributed by atoms with Crippen LogP contribution in [0.5, 0.6) is 28.7 Å². The molecule has 8 heteroatoms. The van der Waals surface area contributed by atoms with Crippen LogP contribution < -0.4 is 4.74 Å². The van der Waals surface area contributed by atoms with Gasteiger partial charge in [0.15, 0.2) is 11.6 Å². The van der Waals surface area contributed by atoms with E-state index in [0.29, 0.717) is 5.56 Å². The Balaban J connectivity index is 2.46. The Morgan fingerprint density at radius 2 is 1.56 bits per heavy atom. The Morgan fingerprint density at radius 3 is 2.08 bits per heavy atom. The van der Waals surface area contributed by atoms with Crippen LogP contribution in [0.4, 0.5) is 0 Å². The number of phenols is 4. The van der Waals surface area contributed by atoms with Crippen molar-refractivity contribution in [2.75, 3.05) is 0 Å². The minimum absolute atomic E-state index is 0.00190. The fourth-order valence-electron chi connectivity index (χ4n) is 5.16. The summed E-state index contributed by atoms with van der Waals surface area (Å²) in [5.41, 5.74) is 0.197. The van der Waals surface area contributed by atoms with Gasteiger partial charge in [0, 0.05) is 29.0 Å². The van der Waals surface area contributed by atoms with Crippen LogP contribution in [0.2, 0.25) is 0 Å². The zero-order valence-corrected chi connectivity index (χ0v) is 24.0. The molecule has 0 aromatic heterocycles. The normalized spacial score (nSPS) is 16.8. The molecule has 0 saturated carbocycles. The number of ether oxygens (including phenoxy) is 1. The van der Waals surface area contributed by atoms with E-state index in [1.54, 1.807) is 13.8 Å². The van der Waals surface area contributed by atoms with Gasteiger partial charge in [-0.05, 0) is 71.9 Å². The molecule has 5 N–H and O–H groups in total. The monoisotopic (exact) mass is 540 g/mol. The lowest BCUT2D eigenvalue weighted by molar-refractivity contribution is -0.0422. The third-order valence-electron chi connectivity index (χ3n) is 7.35. The minimum atomic E-state index is -1.08. The number of aliphatic hydroxyl groups excluding tert-OH is 1. The van der Waals surface area contributed by atoms with Gasteiger partial charge in [-0.25, -0.2) is 0 Å². The Kier molecular flexibility index (Phi) is 8.41. The molecule has 2 aromatic carbocycles. The molecule has 8 nitrogen and oxygen atoms in total. The molecule has 212 valence electrons. The third kappa shape index (κ3) is 5.62.